The van der Waals surface area contributed by atoms with E-state index in [1.807, 2.05) is 35.5 Å². The molecule has 6 rings (SSSR count). The molecule has 3 aromatic rings. The van der Waals surface area contributed by atoms with Crippen LogP contribution in [0.2, 0.25) is 0 Å². The molecule has 5 heterocycles. The van der Waals surface area contributed by atoms with Crippen molar-refractivity contribution in [1.82, 2.24) is 14.6 Å². The highest BCUT2D eigenvalue weighted by atomic mass is 16.6. The summed E-state index contributed by atoms with van der Waals surface area (Å²) in [5.41, 5.74) is 8.19. The number of pyridine rings is 2. The molecule has 3 aliphatic rings. The van der Waals surface area contributed by atoms with E-state index in [1.54, 1.807) is 11.5 Å². The summed E-state index contributed by atoms with van der Waals surface area (Å²) in [6, 6.07) is 7.71. The van der Waals surface area contributed by atoms with Crippen LogP contribution < -0.4 is 11.3 Å². The number of hydrazone groups is 1. The molecule has 1 fully saturated rings. The molecule has 2 aromatic heterocycles. The molecule has 0 bridgehead atoms. The van der Waals surface area contributed by atoms with Crippen LogP contribution in [-0.2, 0) is 33.0 Å². The van der Waals surface area contributed by atoms with Crippen LogP contribution in [0.1, 0.15) is 35.6 Å². The van der Waals surface area contributed by atoms with E-state index >= 15 is 0 Å². The molecular formula is C25H25N5O5. The largest absolute Gasteiger partial charge is 0.458 e. The number of anilines is 1. The summed E-state index contributed by atoms with van der Waals surface area (Å²) in [5.74, 6) is -0.799. The minimum Gasteiger partial charge on any atom is -0.458 e. The number of para-hydroxylation sites is 1. The molecule has 0 spiro atoms. The Morgan fingerprint density at radius 3 is 2.77 bits per heavy atom. The Balaban J connectivity index is 1.60. The van der Waals surface area contributed by atoms with Crippen LogP contribution in [-0.4, -0.2) is 58.2 Å². The predicted octanol–water partition coefficient (Wildman–Crippen LogP) is 1.33. The average Bonchev–Trinajstić information content (AvgIpc) is 3.27. The number of fused-ring (bicyclic) bond motifs is 5. The third kappa shape index (κ3) is 3.10. The smallest absolute Gasteiger partial charge is 0.343 e. The van der Waals surface area contributed by atoms with Gasteiger partial charge in [-0.15, -0.1) is 0 Å². The number of nitrogens with zero attached hydrogens (tertiary/aromatic N) is 4. The number of cyclic esters (lactones) is 1. The molecule has 1 saturated heterocycles. The second kappa shape index (κ2) is 7.89. The topological polar surface area (TPSA) is 132 Å². The van der Waals surface area contributed by atoms with Gasteiger partial charge in [-0.25, -0.2) is 9.78 Å². The number of carbonyl (C=O) groups is 1. The van der Waals surface area contributed by atoms with Crippen molar-refractivity contribution in [1.29, 1.82) is 0 Å². The lowest BCUT2D eigenvalue weighted by Crippen LogP contribution is -2.45. The quantitative estimate of drug-likeness (QED) is 0.335. The summed E-state index contributed by atoms with van der Waals surface area (Å²) in [7, 11) is 0. The van der Waals surface area contributed by atoms with Gasteiger partial charge >= 0.3 is 5.97 Å². The van der Waals surface area contributed by atoms with E-state index in [-0.39, 0.29) is 41.9 Å². The third-order valence-corrected chi connectivity index (χ3v) is 7.13. The molecule has 180 valence electrons. The van der Waals surface area contributed by atoms with Crippen molar-refractivity contribution in [2.24, 2.45) is 5.10 Å². The van der Waals surface area contributed by atoms with E-state index in [9.17, 15) is 14.7 Å². The monoisotopic (exact) mass is 475 g/mol. The number of hydrogen-bond acceptors (Lipinski definition) is 9. The lowest BCUT2D eigenvalue weighted by Gasteiger charge is -2.33. The zero-order valence-corrected chi connectivity index (χ0v) is 19.3. The minimum atomic E-state index is -1.98. The molecule has 0 amide bonds. The molecule has 3 aliphatic heterocycles. The SMILES string of the molecule is CC[C@@]1(O)C(=O)OCc2c1c(N)c1n(c2=O)Cc2c-1nc1ccccc1c2/C=N/N1CCOCC1. The van der Waals surface area contributed by atoms with Crippen LogP contribution in [0, 0.1) is 0 Å². The molecule has 0 radical (unpaired) electrons. The van der Waals surface area contributed by atoms with Gasteiger partial charge < -0.3 is 24.9 Å². The Kier molecular flexibility index (Phi) is 4.90. The molecule has 10 nitrogen and oxygen atoms in total. The van der Waals surface area contributed by atoms with Gasteiger partial charge in [-0.05, 0) is 12.5 Å². The van der Waals surface area contributed by atoms with Crippen molar-refractivity contribution < 1.29 is 19.4 Å². The molecule has 35 heavy (non-hydrogen) atoms. The van der Waals surface area contributed by atoms with Gasteiger partial charge in [-0.3, -0.25) is 9.80 Å². The number of carbonyl (C=O) groups excluding carboxylic acids is 1. The van der Waals surface area contributed by atoms with Gasteiger partial charge in [-0.2, -0.15) is 5.10 Å². The summed E-state index contributed by atoms with van der Waals surface area (Å²) in [4.78, 5) is 30.9. The Bertz CT molecular complexity index is 1470. The maximum Gasteiger partial charge on any atom is 0.343 e. The van der Waals surface area contributed by atoms with Gasteiger partial charge in [0.15, 0.2) is 5.60 Å². The van der Waals surface area contributed by atoms with Crippen LogP contribution >= 0.6 is 0 Å². The number of morpholine rings is 1. The van der Waals surface area contributed by atoms with Gasteiger partial charge in [0.05, 0.1) is 67.2 Å². The second-order valence-electron chi connectivity index (χ2n) is 8.98. The van der Waals surface area contributed by atoms with Crippen molar-refractivity contribution in [3.8, 4) is 11.4 Å². The van der Waals surface area contributed by atoms with Crippen LogP contribution in [0.5, 0.6) is 0 Å². The number of esters is 1. The number of nitrogens with two attached hydrogens (primary N) is 1. The van der Waals surface area contributed by atoms with E-state index in [0.29, 0.717) is 37.7 Å². The van der Waals surface area contributed by atoms with Gasteiger partial charge in [0.2, 0.25) is 0 Å². The van der Waals surface area contributed by atoms with Crippen molar-refractivity contribution in [2.45, 2.75) is 32.1 Å². The molecule has 3 N–H and O–H groups in total. The number of hydrogen-bond donors (Lipinski definition) is 2. The molecule has 10 heteroatoms. The van der Waals surface area contributed by atoms with Gasteiger partial charge in [-0.1, -0.05) is 25.1 Å². The van der Waals surface area contributed by atoms with Crippen molar-refractivity contribution in [3.63, 3.8) is 0 Å². The summed E-state index contributed by atoms with van der Waals surface area (Å²) < 4.78 is 12.1. The number of nitrogen functional groups attached to an aromatic ring is 1. The minimum absolute atomic E-state index is 0.0292. The van der Waals surface area contributed by atoms with Gasteiger partial charge in [0, 0.05) is 22.1 Å². The maximum atomic E-state index is 13.6. The first-order valence-corrected chi connectivity index (χ1v) is 11.7. The number of ether oxygens (including phenoxy) is 2. The summed E-state index contributed by atoms with van der Waals surface area (Å²) in [6.45, 7) is 4.32. The molecule has 0 saturated carbocycles. The normalized spacial score (nSPS) is 21.2. The standard InChI is InChI=1S/C25H25N5O5/c1-2-25(33)19-17(13-35-24(25)32)23(31)30-12-16-15(11-27-29-7-9-34-10-8-29)14-5-3-4-6-18(14)28-21(16)22(30)20(19)26/h3-6,11,33H,2,7-10,12-13,26H2,1H3/b27-11+/t25-/m0/s1. The number of rotatable bonds is 3. The number of aliphatic hydroxyl groups is 1. The van der Waals surface area contributed by atoms with Crippen molar-refractivity contribution in [2.75, 3.05) is 32.0 Å². The van der Waals surface area contributed by atoms with Gasteiger partial charge in [0.1, 0.15) is 6.61 Å². The van der Waals surface area contributed by atoms with E-state index in [2.05, 4.69) is 5.10 Å². The summed E-state index contributed by atoms with van der Waals surface area (Å²) in [5, 5.41) is 18.7. The molecule has 0 unspecified atom stereocenters. The molecular weight excluding hydrogens is 450 g/mol. The lowest BCUT2D eigenvalue weighted by molar-refractivity contribution is -0.172. The predicted molar refractivity (Wildman–Crippen MR) is 129 cm³/mol. The zero-order chi connectivity index (χ0) is 24.3. The zero-order valence-electron chi connectivity index (χ0n) is 19.3. The van der Waals surface area contributed by atoms with E-state index in [4.69, 9.17) is 20.2 Å². The third-order valence-electron chi connectivity index (χ3n) is 7.13. The first-order chi connectivity index (χ1) is 16.9. The van der Waals surface area contributed by atoms with Crippen molar-refractivity contribution >= 4 is 28.8 Å². The van der Waals surface area contributed by atoms with E-state index < -0.39 is 11.6 Å². The summed E-state index contributed by atoms with van der Waals surface area (Å²) >= 11 is 0. The molecule has 0 aliphatic carbocycles. The van der Waals surface area contributed by atoms with Crippen LogP contribution in [0.15, 0.2) is 34.2 Å². The Morgan fingerprint density at radius 1 is 1.23 bits per heavy atom. The van der Waals surface area contributed by atoms with Crippen molar-refractivity contribution in [3.05, 3.63) is 56.9 Å². The lowest BCUT2D eigenvalue weighted by atomic mass is 9.84. The molecule has 1 aromatic carbocycles. The number of aromatic nitrogens is 2. The van der Waals surface area contributed by atoms with Crippen LogP contribution in [0.25, 0.3) is 22.3 Å². The first kappa shape index (κ1) is 21.8. The highest BCUT2D eigenvalue weighted by Crippen LogP contribution is 2.44. The summed E-state index contributed by atoms with van der Waals surface area (Å²) in [6.07, 6.45) is 1.84. The fourth-order valence-electron chi connectivity index (χ4n) is 5.24. The molecule has 1 atom stereocenters. The number of benzene rings is 1. The first-order valence-electron chi connectivity index (χ1n) is 11.7. The van der Waals surface area contributed by atoms with Gasteiger partial charge in [0.25, 0.3) is 5.56 Å². The average molecular weight is 476 g/mol. The highest BCUT2D eigenvalue weighted by Gasteiger charge is 2.47. The highest BCUT2D eigenvalue weighted by molar-refractivity contribution is 6.03. The van der Waals surface area contributed by atoms with E-state index in [0.717, 1.165) is 22.0 Å². The Hall–Kier alpha value is -3.76. The van der Waals surface area contributed by atoms with Crippen LogP contribution in [0.3, 0.4) is 0 Å². The fraction of sp³-hybridized carbons (Fsp3) is 0.360. The van der Waals surface area contributed by atoms with E-state index in [1.165, 1.54) is 0 Å². The second-order valence-corrected chi connectivity index (χ2v) is 8.98. The Morgan fingerprint density at radius 2 is 2.00 bits per heavy atom. The maximum absolute atomic E-state index is 13.6. The fourth-order valence-corrected chi connectivity index (χ4v) is 5.24. The Labute approximate surface area is 200 Å². The van der Waals surface area contributed by atoms with Crippen LogP contribution in [0.4, 0.5) is 5.69 Å².